The summed E-state index contributed by atoms with van der Waals surface area (Å²) in [7, 11) is 0. The molecule has 0 saturated heterocycles. The summed E-state index contributed by atoms with van der Waals surface area (Å²) in [5, 5.41) is 0. The molecule has 1 aliphatic carbocycles. The predicted octanol–water partition coefficient (Wildman–Crippen LogP) is 2.80. The van der Waals surface area contributed by atoms with Crippen molar-refractivity contribution >= 4 is 0 Å². The second-order valence-corrected chi connectivity index (χ2v) is 4.71. The average Bonchev–Trinajstić information content (AvgIpc) is 2.94. The molecule has 1 saturated carbocycles. The number of benzene rings is 1. The summed E-state index contributed by atoms with van der Waals surface area (Å²) in [6, 6.07) is 5.20. The summed E-state index contributed by atoms with van der Waals surface area (Å²) in [6.07, 6.45) is 4.69. The Hall–Kier alpha value is -0.890. The lowest BCUT2D eigenvalue weighted by atomic mass is 9.98. The first-order valence-corrected chi connectivity index (χ1v) is 5.66. The van der Waals surface area contributed by atoms with Gasteiger partial charge >= 0.3 is 0 Å². The van der Waals surface area contributed by atoms with Crippen LogP contribution >= 0.6 is 0 Å². The third kappa shape index (κ3) is 3.03. The Labute approximate surface area is 90.5 Å². The van der Waals surface area contributed by atoms with Crippen molar-refractivity contribution in [3.05, 3.63) is 35.1 Å². The third-order valence-electron chi connectivity index (χ3n) is 3.12. The Morgan fingerprint density at radius 2 is 2.20 bits per heavy atom. The second-order valence-electron chi connectivity index (χ2n) is 4.71. The molecule has 2 heteroatoms. The highest BCUT2D eigenvalue weighted by Gasteiger charge is 2.23. The van der Waals surface area contributed by atoms with E-state index in [0.29, 0.717) is 0 Å². The quantitative estimate of drug-likeness (QED) is 0.807. The smallest absolute Gasteiger partial charge is 0.123 e. The van der Waals surface area contributed by atoms with E-state index in [1.165, 1.54) is 24.5 Å². The van der Waals surface area contributed by atoms with E-state index in [1.54, 1.807) is 6.07 Å². The van der Waals surface area contributed by atoms with Crippen LogP contribution in [0.1, 0.15) is 30.4 Å². The van der Waals surface area contributed by atoms with E-state index in [0.717, 1.165) is 24.3 Å². The van der Waals surface area contributed by atoms with Gasteiger partial charge < -0.3 is 5.73 Å². The molecule has 1 aliphatic rings. The number of halogens is 1. The van der Waals surface area contributed by atoms with Crippen molar-refractivity contribution in [3.8, 4) is 0 Å². The number of hydrogen-bond donors (Lipinski definition) is 1. The maximum Gasteiger partial charge on any atom is 0.123 e. The Morgan fingerprint density at radius 3 is 2.80 bits per heavy atom. The first kappa shape index (κ1) is 10.6. The lowest BCUT2D eigenvalue weighted by Gasteiger charge is -2.12. The summed E-state index contributed by atoms with van der Waals surface area (Å²) in [5.74, 6) is 0.702. The SMILES string of the molecule is Cc1cc(F)ccc1CC(N)CC1CC1. The zero-order valence-corrected chi connectivity index (χ0v) is 9.17. The van der Waals surface area contributed by atoms with Crippen LogP contribution < -0.4 is 5.73 Å². The Kier molecular flexibility index (Phi) is 3.06. The van der Waals surface area contributed by atoms with Crippen LogP contribution in [-0.4, -0.2) is 6.04 Å². The molecular formula is C13H18FN. The first-order valence-electron chi connectivity index (χ1n) is 5.66. The molecule has 1 atom stereocenters. The average molecular weight is 207 g/mol. The van der Waals surface area contributed by atoms with Crippen LogP contribution in [0, 0.1) is 18.7 Å². The third-order valence-corrected chi connectivity index (χ3v) is 3.12. The predicted molar refractivity (Wildman–Crippen MR) is 60.2 cm³/mol. The highest BCUT2D eigenvalue weighted by Crippen LogP contribution is 2.33. The molecule has 1 aromatic rings. The van der Waals surface area contributed by atoms with Gasteiger partial charge in [-0.1, -0.05) is 18.9 Å². The largest absolute Gasteiger partial charge is 0.327 e. The molecule has 0 spiro atoms. The highest BCUT2D eigenvalue weighted by molar-refractivity contribution is 5.27. The Balaban J connectivity index is 1.96. The molecule has 15 heavy (non-hydrogen) atoms. The molecule has 82 valence electrons. The molecule has 1 unspecified atom stereocenters. The molecule has 0 radical (unpaired) electrons. The van der Waals surface area contributed by atoms with E-state index < -0.39 is 0 Å². The van der Waals surface area contributed by atoms with Crippen LogP contribution in [0.25, 0.3) is 0 Å². The van der Waals surface area contributed by atoms with Crippen LogP contribution in [0.15, 0.2) is 18.2 Å². The van der Waals surface area contributed by atoms with Gasteiger partial charge in [-0.2, -0.15) is 0 Å². The lowest BCUT2D eigenvalue weighted by Crippen LogP contribution is -2.23. The molecule has 1 nitrogen and oxygen atoms in total. The van der Waals surface area contributed by atoms with Crippen LogP contribution in [0.4, 0.5) is 4.39 Å². The van der Waals surface area contributed by atoms with Crippen molar-refractivity contribution in [2.24, 2.45) is 11.7 Å². The summed E-state index contributed by atoms with van der Waals surface area (Å²) in [5.41, 5.74) is 8.26. The normalized spacial score (nSPS) is 17.8. The molecular weight excluding hydrogens is 189 g/mol. The number of hydrogen-bond acceptors (Lipinski definition) is 1. The van der Waals surface area contributed by atoms with Gasteiger partial charge in [0, 0.05) is 6.04 Å². The minimum Gasteiger partial charge on any atom is -0.327 e. The van der Waals surface area contributed by atoms with Gasteiger partial charge in [0.15, 0.2) is 0 Å². The van der Waals surface area contributed by atoms with E-state index >= 15 is 0 Å². The minimum atomic E-state index is -0.160. The summed E-state index contributed by atoms with van der Waals surface area (Å²) in [6.45, 7) is 1.95. The lowest BCUT2D eigenvalue weighted by molar-refractivity contribution is 0.564. The second kappa shape index (κ2) is 4.31. The maximum atomic E-state index is 12.9. The molecule has 0 bridgehead atoms. The van der Waals surface area contributed by atoms with E-state index in [1.807, 2.05) is 13.0 Å². The maximum absolute atomic E-state index is 12.9. The fourth-order valence-electron chi connectivity index (χ4n) is 2.04. The van der Waals surface area contributed by atoms with E-state index in [9.17, 15) is 4.39 Å². The van der Waals surface area contributed by atoms with Gasteiger partial charge in [0.25, 0.3) is 0 Å². The molecule has 1 fully saturated rings. The molecule has 0 amide bonds. The molecule has 2 N–H and O–H groups in total. The van der Waals surface area contributed by atoms with Crippen molar-refractivity contribution in [2.45, 2.75) is 38.6 Å². The number of rotatable bonds is 4. The van der Waals surface area contributed by atoms with Crippen LogP contribution in [0.2, 0.25) is 0 Å². The van der Waals surface area contributed by atoms with Crippen molar-refractivity contribution in [2.75, 3.05) is 0 Å². The molecule has 2 rings (SSSR count). The van der Waals surface area contributed by atoms with Crippen LogP contribution in [-0.2, 0) is 6.42 Å². The van der Waals surface area contributed by atoms with Gasteiger partial charge in [0.2, 0.25) is 0 Å². The van der Waals surface area contributed by atoms with E-state index in [4.69, 9.17) is 5.73 Å². The summed E-state index contributed by atoms with van der Waals surface area (Å²) in [4.78, 5) is 0. The Morgan fingerprint density at radius 1 is 1.47 bits per heavy atom. The van der Waals surface area contributed by atoms with E-state index in [2.05, 4.69) is 0 Å². The van der Waals surface area contributed by atoms with Crippen molar-refractivity contribution in [3.63, 3.8) is 0 Å². The fourth-order valence-corrected chi connectivity index (χ4v) is 2.04. The monoisotopic (exact) mass is 207 g/mol. The van der Waals surface area contributed by atoms with Gasteiger partial charge in [-0.3, -0.25) is 0 Å². The molecule has 0 heterocycles. The summed E-state index contributed by atoms with van der Waals surface area (Å²) >= 11 is 0. The number of aryl methyl sites for hydroxylation is 1. The molecule has 1 aromatic carbocycles. The molecule has 0 aromatic heterocycles. The van der Waals surface area contributed by atoms with Gasteiger partial charge in [0.05, 0.1) is 0 Å². The van der Waals surface area contributed by atoms with Crippen LogP contribution in [0.3, 0.4) is 0 Å². The fraction of sp³-hybridized carbons (Fsp3) is 0.538. The van der Waals surface area contributed by atoms with Crippen molar-refractivity contribution in [1.29, 1.82) is 0 Å². The van der Waals surface area contributed by atoms with Gasteiger partial charge in [0.1, 0.15) is 5.82 Å². The minimum absolute atomic E-state index is 0.160. The molecule has 0 aliphatic heterocycles. The topological polar surface area (TPSA) is 26.0 Å². The van der Waals surface area contributed by atoms with E-state index in [-0.39, 0.29) is 11.9 Å². The van der Waals surface area contributed by atoms with Gasteiger partial charge in [-0.05, 0) is 48.9 Å². The standard InChI is InChI=1S/C13H18FN/c1-9-6-12(14)5-4-11(9)8-13(15)7-10-2-3-10/h4-6,10,13H,2-3,7-8,15H2,1H3. The van der Waals surface area contributed by atoms with Crippen LogP contribution in [0.5, 0.6) is 0 Å². The van der Waals surface area contributed by atoms with Crippen molar-refractivity contribution < 1.29 is 4.39 Å². The zero-order chi connectivity index (χ0) is 10.8. The first-order chi connectivity index (χ1) is 7.15. The number of nitrogens with two attached hydrogens (primary N) is 1. The summed E-state index contributed by atoms with van der Waals surface area (Å²) < 4.78 is 12.9. The van der Waals surface area contributed by atoms with Gasteiger partial charge in [-0.25, -0.2) is 4.39 Å². The van der Waals surface area contributed by atoms with Gasteiger partial charge in [-0.15, -0.1) is 0 Å². The van der Waals surface area contributed by atoms with Crippen molar-refractivity contribution in [1.82, 2.24) is 0 Å². The zero-order valence-electron chi connectivity index (χ0n) is 9.17. The highest BCUT2D eigenvalue weighted by atomic mass is 19.1. The Bertz CT molecular complexity index is 344.